The Labute approximate surface area is 83.5 Å². The van der Waals surface area contributed by atoms with Gasteiger partial charge in [-0.25, -0.2) is 0 Å². The molecular weight excluding hydrogens is 174 g/mol. The van der Waals surface area contributed by atoms with Gasteiger partial charge in [-0.2, -0.15) is 0 Å². The zero-order valence-electron chi connectivity index (χ0n) is 8.29. The van der Waals surface area contributed by atoms with Crippen molar-refractivity contribution in [2.45, 2.75) is 11.8 Å². The lowest BCUT2D eigenvalue weighted by atomic mass is 9.75. The molecule has 1 aliphatic carbocycles. The monoisotopic (exact) mass is 187 g/mol. The van der Waals surface area contributed by atoms with Crippen molar-refractivity contribution in [2.24, 2.45) is 0 Å². The third kappa shape index (κ3) is 0.867. The Kier molecular flexibility index (Phi) is 1.43. The molecule has 0 amide bonds. The molecule has 1 heterocycles. The normalized spacial score (nSPS) is 23.6. The second kappa shape index (κ2) is 2.45. The van der Waals surface area contributed by atoms with Gasteiger partial charge in [0.05, 0.1) is 0 Å². The maximum absolute atomic E-state index is 11.8. The molecule has 0 radical (unpaired) electrons. The quantitative estimate of drug-likeness (QED) is 0.612. The van der Waals surface area contributed by atoms with Gasteiger partial charge in [0.1, 0.15) is 0 Å². The highest BCUT2D eigenvalue weighted by Gasteiger charge is 2.49. The second-order valence-electron chi connectivity index (χ2n) is 4.60. The van der Waals surface area contributed by atoms with Crippen molar-refractivity contribution >= 4 is 5.78 Å². The molecule has 0 unspecified atom stereocenters. The van der Waals surface area contributed by atoms with Gasteiger partial charge in [-0.05, 0) is 12.6 Å². The Morgan fingerprint density at radius 2 is 2.00 bits per heavy atom. The maximum Gasteiger partial charge on any atom is 0.164 e. The first-order valence-corrected chi connectivity index (χ1v) is 5.03. The predicted octanol–water partition coefficient (Wildman–Crippen LogP) is 1.46. The summed E-state index contributed by atoms with van der Waals surface area (Å²) in [6, 6.07) is 8.08. The number of hydrogen-bond donors (Lipinski definition) is 0. The molecule has 2 aliphatic rings. The van der Waals surface area contributed by atoms with E-state index in [4.69, 9.17) is 0 Å². The Morgan fingerprint density at radius 1 is 1.29 bits per heavy atom. The Hall–Kier alpha value is -1.15. The third-order valence-corrected chi connectivity index (χ3v) is 3.44. The van der Waals surface area contributed by atoms with Crippen LogP contribution >= 0.6 is 0 Å². The van der Waals surface area contributed by atoms with E-state index in [9.17, 15) is 4.79 Å². The average molecular weight is 187 g/mol. The van der Waals surface area contributed by atoms with E-state index in [1.165, 1.54) is 5.56 Å². The van der Waals surface area contributed by atoms with Crippen LogP contribution in [-0.2, 0) is 5.41 Å². The van der Waals surface area contributed by atoms with E-state index in [1.807, 2.05) is 18.2 Å². The van der Waals surface area contributed by atoms with Gasteiger partial charge in [-0.1, -0.05) is 24.3 Å². The van der Waals surface area contributed by atoms with Gasteiger partial charge in [0.15, 0.2) is 5.78 Å². The van der Waals surface area contributed by atoms with Gasteiger partial charge in [0.2, 0.25) is 0 Å². The molecule has 14 heavy (non-hydrogen) atoms. The van der Waals surface area contributed by atoms with Crippen molar-refractivity contribution in [3.8, 4) is 0 Å². The smallest absolute Gasteiger partial charge is 0.164 e. The van der Waals surface area contributed by atoms with E-state index in [0.717, 1.165) is 25.1 Å². The SMILES string of the molecule is CN1CC2(CC(=O)c3ccccc32)C1. The van der Waals surface area contributed by atoms with Crippen LogP contribution in [0.4, 0.5) is 0 Å². The number of benzene rings is 1. The lowest BCUT2D eigenvalue weighted by molar-refractivity contribution is 0.0766. The van der Waals surface area contributed by atoms with E-state index in [2.05, 4.69) is 18.0 Å². The molecule has 0 bridgehead atoms. The first-order valence-electron chi connectivity index (χ1n) is 5.03. The lowest BCUT2D eigenvalue weighted by Crippen LogP contribution is -2.56. The Morgan fingerprint density at radius 3 is 2.71 bits per heavy atom. The highest BCUT2D eigenvalue weighted by Crippen LogP contribution is 2.44. The summed E-state index contributed by atoms with van der Waals surface area (Å²) in [6.45, 7) is 2.07. The van der Waals surface area contributed by atoms with Gasteiger partial charge in [-0.3, -0.25) is 4.79 Å². The number of ketones is 1. The van der Waals surface area contributed by atoms with Gasteiger partial charge in [0.25, 0.3) is 0 Å². The van der Waals surface area contributed by atoms with Crippen molar-refractivity contribution in [3.05, 3.63) is 35.4 Å². The summed E-state index contributed by atoms with van der Waals surface area (Å²) >= 11 is 0. The molecule has 2 heteroatoms. The van der Waals surface area contributed by atoms with Crippen LogP contribution in [0.1, 0.15) is 22.3 Å². The van der Waals surface area contributed by atoms with Crippen molar-refractivity contribution in [3.63, 3.8) is 0 Å². The first kappa shape index (κ1) is 8.18. The van der Waals surface area contributed by atoms with Crippen molar-refractivity contribution < 1.29 is 4.79 Å². The second-order valence-corrected chi connectivity index (χ2v) is 4.60. The fourth-order valence-electron chi connectivity index (χ4n) is 2.96. The van der Waals surface area contributed by atoms with Crippen LogP contribution < -0.4 is 0 Å². The number of likely N-dealkylation sites (N-methyl/N-ethyl adjacent to an activating group) is 1. The molecule has 1 aliphatic heterocycles. The number of fused-ring (bicyclic) bond motifs is 2. The maximum atomic E-state index is 11.8. The van der Waals surface area contributed by atoms with E-state index in [1.54, 1.807) is 0 Å². The van der Waals surface area contributed by atoms with Crippen LogP contribution in [0.25, 0.3) is 0 Å². The number of rotatable bonds is 0. The van der Waals surface area contributed by atoms with Crippen LogP contribution in [0.3, 0.4) is 0 Å². The zero-order valence-corrected chi connectivity index (χ0v) is 8.29. The molecule has 1 aromatic rings. The Balaban J connectivity index is 2.11. The molecule has 1 aromatic carbocycles. The highest BCUT2D eigenvalue weighted by atomic mass is 16.1. The molecule has 3 rings (SSSR count). The third-order valence-electron chi connectivity index (χ3n) is 3.44. The zero-order chi connectivity index (χ0) is 9.76. The first-order chi connectivity index (χ1) is 6.71. The fraction of sp³-hybridized carbons (Fsp3) is 0.417. The predicted molar refractivity (Wildman–Crippen MR) is 54.6 cm³/mol. The van der Waals surface area contributed by atoms with Crippen LogP contribution in [0.5, 0.6) is 0 Å². The number of carbonyl (C=O) groups excluding carboxylic acids is 1. The molecule has 0 N–H and O–H groups in total. The molecule has 0 atom stereocenters. The van der Waals surface area contributed by atoms with Gasteiger partial charge >= 0.3 is 0 Å². The molecular formula is C12H13NO. The summed E-state index contributed by atoms with van der Waals surface area (Å²) in [7, 11) is 2.11. The molecule has 1 saturated heterocycles. The van der Waals surface area contributed by atoms with Crippen molar-refractivity contribution in [2.75, 3.05) is 20.1 Å². The number of carbonyl (C=O) groups is 1. The molecule has 72 valence electrons. The Bertz CT molecular complexity index is 405. The van der Waals surface area contributed by atoms with Gasteiger partial charge in [0, 0.05) is 30.5 Å². The minimum Gasteiger partial charge on any atom is -0.304 e. The minimum atomic E-state index is 0.169. The molecule has 1 spiro atoms. The summed E-state index contributed by atoms with van der Waals surface area (Å²) < 4.78 is 0. The molecule has 0 saturated carbocycles. The summed E-state index contributed by atoms with van der Waals surface area (Å²) in [6.07, 6.45) is 0.719. The van der Waals surface area contributed by atoms with Crippen molar-refractivity contribution in [1.82, 2.24) is 4.90 Å². The van der Waals surface area contributed by atoms with Gasteiger partial charge in [-0.15, -0.1) is 0 Å². The number of Topliss-reactive ketones (excluding diaryl/α,β-unsaturated/α-hetero) is 1. The van der Waals surface area contributed by atoms with E-state index >= 15 is 0 Å². The van der Waals surface area contributed by atoms with Crippen LogP contribution in [0.2, 0.25) is 0 Å². The van der Waals surface area contributed by atoms with Crippen LogP contribution in [0, 0.1) is 0 Å². The lowest BCUT2D eigenvalue weighted by Gasteiger charge is -2.46. The summed E-state index contributed by atoms with van der Waals surface area (Å²) in [4.78, 5) is 14.0. The number of likely N-dealkylation sites (tertiary alicyclic amines) is 1. The van der Waals surface area contributed by atoms with E-state index in [0.29, 0.717) is 5.78 Å². The summed E-state index contributed by atoms with van der Waals surface area (Å²) in [5.41, 5.74) is 2.41. The average Bonchev–Trinajstić information content (AvgIpc) is 2.41. The number of hydrogen-bond acceptors (Lipinski definition) is 2. The summed E-state index contributed by atoms with van der Waals surface area (Å²) in [5, 5.41) is 0. The van der Waals surface area contributed by atoms with E-state index in [-0.39, 0.29) is 5.41 Å². The molecule has 1 fully saturated rings. The van der Waals surface area contributed by atoms with Crippen molar-refractivity contribution in [1.29, 1.82) is 0 Å². The van der Waals surface area contributed by atoms with Crippen LogP contribution in [0.15, 0.2) is 24.3 Å². The fourth-order valence-corrected chi connectivity index (χ4v) is 2.96. The largest absolute Gasteiger partial charge is 0.304 e. The van der Waals surface area contributed by atoms with E-state index < -0.39 is 0 Å². The van der Waals surface area contributed by atoms with Gasteiger partial charge < -0.3 is 4.90 Å². The number of nitrogens with zero attached hydrogens (tertiary/aromatic N) is 1. The standard InChI is InChI=1S/C12H13NO/c1-13-7-12(8-13)6-11(14)9-4-2-3-5-10(9)12/h2-5H,6-8H2,1H3. The molecule has 2 nitrogen and oxygen atoms in total. The highest BCUT2D eigenvalue weighted by molar-refractivity contribution is 6.02. The topological polar surface area (TPSA) is 20.3 Å². The molecule has 0 aromatic heterocycles. The van der Waals surface area contributed by atoms with Crippen LogP contribution in [-0.4, -0.2) is 30.8 Å². The minimum absolute atomic E-state index is 0.169. The summed E-state index contributed by atoms with van der Waals surface area (Å²) in [5.74, 6) is 0.328.